The van der Waals surface area contributed by atoms with Crippen LogP contribution < -0.4 is 4.74 Å². The minimum Gasteiger partial charge on any atom is -0.487 e. The molecule has 0 saturated heterocycles. The van der Waals surface area contributed by atoms with Gasteiger partial charge in [0.1, 0.15) is 12.4 Å². The number of hydrogen-bond acceptors (Lipinski definition) is 4. The number of ether oxygens (including phenoxy) is 1. The first kappa shape index (κ1) is 14.7. The molecular formula is C20H18N2O2. The van der Waals surface area contributed by atoms with Crippen molar-refractivity contribution in [3.63, 3.8) is 0 Å². The lowest BCUT2D eigenvalue weighted by Gasteiger charge is -2.17. The van der Waals surface area contributed by atoms with E-state index in [0.29, 0.717) is 6.61 Å². The Balaban J connectivity index is 1.53. The molecule has 4 nitrogen and oxygen atoms in total. The molecule has 4 heteroatoms. The summed E-state index contributed by atoms with van der Waals surface area (Å²) >= 11 is 0. The summed E-state index contributed by atoms with van der Waals surface area (Å²) < 4.78 is 5.91. The first-order valence-corrected chi connectivity index (χ1v) is 8.15. The number of rotatable bonds is 3. The van der Waals surface area contributed by atoms with E-state index < -0.39 is 0 Å². The topological polar surface area (TPSA) is 54.7 Å². The molecule has 120 valence electrons. The van der Waals surface area contributed by atoms with Crippen molar-refractivity contribution in [3.05, 3.63) is 71.4 Å². The van der Waals surface area contributed by atoms with Crippen LogP contribution in [0.1, 0.15) is 29.7 Å². The second-order valence-electron chi connectivity index (χ2n) is 6.00. The van der Waals surface area contributed by atoms with Crippen molar-refractivity contribution in [3.8, 4) is 5.75 Å². The number of fused-ring (bicyclic) bond motifs is 2. The van der Waals surface area contributed by atoms with Crippen LogP contribution in [0.4, 0.5) is 0 Å². The summed E-state index contributed by atoms with van der Waals surface area (Å²) in [5.74, 6) is 0.822. The van der Waals surface area contributed by atoms with Crippen LogP contribution >= 0.6 is 0 Å². The Bertz CT molecular complexity index is 918. The van der Waals surface area contributed by atoms with E-state index in [0.717, 1.165) is 52.9 Å². The Labute approximate surface area is 140 Å². The zero-order valence-corrected chi connectivity index (χ0v) is 13.3. The molecule has 0 spiro atoms. The van der Waals surface area contributed by atoms with Crippen LogP contribution in [-0.2, 0) is 13.0 Å². The Morgan fingerprint density at radius 3 is 2.88 bits per heavy atom. The van der Waals surface area contributed by atoms with E-state index in [2.05, 4.69) is 22.3 Å². The number of pyridine rings is 1. The number of aromatic nitrogens is 1. The van der Waals surface area contributed by atoms with Crippen LogP contribution in [0.15, 0.2) is 59.8 Å². The fourth-order valence-corrected chi connectivity index (χ4v) is 3.18. The third-order valence-electron chi connectivity index (χ3n) is 4.41. The Morgan fingerprint density at radius 1 is 1.04 bits per heavy atom. The number of oxime groups is 1. The van der Waals surface area contributed by atoms with E-state index in [1.54, 1.807) is 0 Å². The fraction of sp³-hybridized carbons (Fsp3) is 0.200. The average molecular weight is 318 g/mol. The van der Waals surface area contributed by atoms with Crippen molar-refractivity contribution >= 4 is 16.6 Å². The van der Waals surface area contributed by atoms with Gasteiger partial charge >= 0.3 is 0 Å². The summed E-state index contributed by atoms with van der Waals surface area (Å²) in [6, 6.07) is 18.1. The largest absolute Gasteiger partial charge is 0.487 e. The minimum atomic E-state index is 0.435. The van der Waals surface area contributed by atoms with Crippen LogP contribution in [-0.4, -0.2) is 15.9 Å². The van der Waals surface area contributed by atoms with Gasteiger partial charge in [0.15, 0.2) is 0 Å². The molecule has 2 aromatic carbocycles. The van der Waals surface area contributed by atoms with Crippen molar-refractivity contribution in [1.82, 2.24) is 4.98 Å². The molecule has 0 radical (unpaired) electrons. The Hall–Kier alpha value is -2.88. The maximum Gasteiger partial charge on any atom is 0.130 e. The van der Waals surface area contributed by atoms with Gasteiger partial charge < -0.3 is 9.94 Å². The molecule has 24 heavy (non-hydrogen) atoms. The molecule has 3 aromatic rings. The lowest BCUT2D eigenvalue weighted by atomic mass is 9.90. The molecule has 1 heterocycles. The number of benzene rings is 2. The smallest absolute Gasteiger partial charge is 0.130 e. The summed E-state index contributed by atoms with van der Waals surface area (Å²) in [5, 5.41) is 13.6. The predicted molar refractivity (Wildman–Crippen MR) is 93.8 cm³/mol. The van der Waals surface area contributed by atoms with Crippen molar-refractivity contribution in [2.24, 2.45) is 5.16 Å². The SMILES string of the molecule is ON=C1CCCc2cc(OCc3ccc4ccccc4n3)ccc21. The van der Waals surface area contributed by atoms with E-state index in [-0.39, 0.29) is 0 Å². The van der Waals surface area contributed by atoms with Crippen molar-refractivity contribution in [2.45, 2.75) is 25.9 Å². The normalized spacial score (nSPS) is 15.4. The molecule has 0 atom stereocenters. The molecule has 4 rings (SSSR count). The highest BCUT2D eigenvalue weighted by atomic mass is 16.5. The lowest BCUT2D eigenvalue weighted by molar-refractivity contribution is 0.301. The quantitative estimate of drug-likeness (QED) is 0.578. The van der Waals surface area contributed by atoms with Gasteiger partial charge in [-0.2, -0.15) is 0 Å². The van der Waals surface area contributed by atoms with Gasteiger partial charge in [-0.15, -0.1) is 0 Å². The molecule has 0 fully saturated rings. The van der Waals surface area contributed by atoms with Crippen LogP contribution in [0.5, 0.6) is 5.75 Å². The second kappa shape index (κ2) is 6.32. The van der Waals surface area contributed by atoms with Crippen molar-refractivity contribution < 1.29 is 9.94 Å². The standard InChI is InChI=1S/C20H18N2O2/c23-22-20-7-3-5-15-12-17(10-11-18(15)20)24-13-16-9-8-14-4-1-2-6-19(14)21-16/h1-2,4,6,8-12,23H,3,5,7,13H2. The van der Waals surface area contributed by atoms with E-state index in [1.165, 1.54) is 5.56 Å². The summed E-state index contributed by atoms with van der Waals surface area (Å²) in [6.45, 7) is 0.435. The lowest BCUT2D eigenvalue weighted by Crippen LogP contribution is -2.12. The molecule has 0 unspecified atom stereocenters. The minimum absolute atomic E-state index is 0.435. The Kier molecular flexibility index (Phi) is 3.87. The van der Waals surface area contributed by atoms with Gasteiger partial charge in [-0.1, -0.05) is 29.4 Å². The van der Waals surface area contributed by atoms with E-state index in [9.17, 15) is 0 Å². The van der Waals surface area contributed by atoms with Crippen LogP contribution in [0.2, 0.25) is 0 Å². The molecule has 1 aliphatic carbocycles. The molecule has 1 N–H and O–H groups in total. The average Bonchev–Trinajstić information content (AvgIpc) is 2.65. The number of nitrogens with zero attached hydrogens (tertiary/aromatic N) is 2. The Morgan fingerprint density at radius 2 is 1.96 bits per heavy atom. The molecule has 1 aromatic heterocycles. The number of aryl methyl sites for hydroxylation is 1. The summed E-state index contributed by atoms with van der Waals surface area (Å²) in [4.78, 5) is 4.63. The summed E-state index contributed by atoms with van der Waals surface area (Å²) in [6.07, 6.45) is 2.81. The van der Waals surface area contributed by atoms with Crippen molar-refractivity contribution in [1.29, 1.82) is 0 Å². The highest BCUT2D eigenvalue weighted by Gasteiger charge is 2.16. The molecule has 0 saturated carbocycles. The third kappa shape index (κ3) is 2.83. The van der Waals surface area contributed by atoms with Gasteiger partial charge in [0, 0.05) is 10.9 Å². The maximum atomic E-state index is 9.09. The van der Waals surface area contributed by atoms with Gasteiger partial charge in [-0.25, -0.2) is 4.98 Å². The van der Waals surface area contributed by atoms with Crippen molar-refractivity contribution in [2.75, 3.05) is 0 Å². The fourth-order valence-electron chi connectivity index (χ4n) is 3.18. The highest BCUT2D eigenvalue weighted by molar-refractivity contribution is 6.02. The zero-order valence-electron chi connectivity index (χ0n) is 13.3. The molecule has 0 aliphatic heterocycles. The predicted octanol–water partition coefficient (Wildman–Crippen LogP) is 4.33. The van der Waals surface area contributed by atoms with Crippen LogP contribution in [0.3, 0.4) is 0 Å². The second-order valence-corrected chi connectivity index (χ2v) is 6.00. The van der Waals surface area contributed by atoms with Gasteiger partial charge in [0.05, 0.1) is 16.9 Å². The van der Waals surface area contributed by atoms with Gasteiger partial charge in [0.2, 0.25) is 0 Å². The van der Waals surface area contributed by atoms with E-state index >= 15 is 0 Å². The maximum absolute atomic E-state index is 9.09. The van der Waals surface area contributed by atoms with Crippen LogP contribution in [0, 0.1) is 0 Å². The molecular weight excluding hydrogens is 300 g/mol. The monoisotopic (exact) mass is 318 g/mol. The number of hydrogen-bond donors (Lipinski definition) is 1. The van der Waals surface area contributed by atoms with E-state index in [1.807, 2.05) is 42.5 Å². The van der Waals surface area contributed by atoms with Gasteiger partial charge in [0.25, 0.3) is 0 Å². The molecule has 0 bridgehead atoms. The van der Waals surface area contributed by atoms with Gasteiger partial charge in [-0.05, 0) is 55.2 Å². The highest BCUT2D eigenvalue weighted by Crippen LogP contribution is 2.26. The molecule has 0 amide bonds. The number of para-hydroxylation sites is 1. The van der Waals surface area contributed by atoms with Gasteiger partial charge in [-0.3, -0.25) is 0 Å². The van der Waals surface area contributed by atoms with E-state index in [4.69, 9.17) is 9.94 Å². The third-order valence-corrected chi connectivity index (χ3v) is 4.41. The first-order valence-electron chi connectivity index (χ1n) is 8.15. The molecule has 1 aliphatic rings. The van der Waals surface area contributed by atoms with Crippen LogP contribution in [0.25, 0.3) is 10.9 Å². The summed E-state index contributed by atoms with van der Waals surface area (Å²) in [7, 11) is 0. The zero-order chi connectivity index (χ0) is 16.4. The summed E-state index contributed by atoms with van der Waals surface area (Å²) in [5.41, 5.74) is 4.86. The first-order chi connectivity index (χ1) is 11.8.